The average molecular weight is 213 g/mol. The highest BCUT2D eigenvalue weighted by Gasteiger charge is 2.26. The van der Waals surface area contributed by atoms with E-state index in [1.165, 1.54) is 32.4 Å². The number of rotatable bonds is 5. The van der Waals surface area contributed by atoms with E-state index in [0.29, 0.717) is 12.5 Å². The summed E-state index contributed by atoms with van der Waals surface area (Å²) in [5.41, 5.74) is 9.58. The second-order valence-electron chi connectivity index (χ2n) is 5.52. The van der Waals surface area contributed by atoms with Crippen LogP contribution in [-0.4, -0.2) is 30.2 Å². The Kier molecular flexibility index (Phi) is 5.03. The van der Waals surface area contributed by atoms with Gasteiger partial charge in [-0.2, -0.15) is 0 Å². The topological polar surface area (TPSA) is 41.3 Å². The van der Waals surface area contributed by atoms with Gasteiger partial charge in [-0.05, 0) is 32.1 Å². The molecule has 0 saturated carbocycles. The third-order valence-electron chi connectivity index (χ3n) is 3.09. The van der Waals surface area contributed by atoms with Crippen LogP contribution in [0, 0.1) is 5.92 Å². The van der Waals surface area contributed by atoms with Gasteiger partial charge in [0, 0.05) is 25.2 Å². The quantitative estimate of drug-likeness (QED) is 0.731. The maximum absolute atomic E-state index is 5.88. The Morgan fingerprint density at radius 3 is 2.33 bits per heavy atom. The van der Waals surface area contributed by atoms with Crippen molar-refractivity contribution in [3.05, 3.63) is 0 Å². The summed E-state index contributed by atoms with van der Waals surface area (Å²) in [5.74, 6) is 0.691. The highest BCUT2D eigenvalue weighted by atomic mass is 15.5. The molecule has 1 rings (SSSR count). The molecule has 1 heterocycles. The van der Waals surface area contributed by atoms with Crippen LogP contribution < -0.4 is 11.2 Å². The Labute approximate surface area is 94.4 Å². The van der Waals surface area contributed by atoms with Crippen molar-refractivity contribution in [3.8, 4) is 0 Å². The van der Waals surface area contributed by atoms with Crippen LogP contribution >= 0.6 is 0 Å². The summed E-state index contributed by atoms with van der Waals surface area (Å²) < 4.78 is 0. The molecule has 0 spiro atoms. The first-order valence-electron chi connectivity index (χ1n) is 6.28. The number of nitrogens with two attached hydrogens (primary N) is 1. The van der Waals surface area contributed by atoms with E-state index >= 15 is 0 Å². The molecule has 0 aromatic carbocycles. The molecule has 90 valence electrons. The number of nitrogens with zero attached hydrogens (tertiary/aromatic N) is 1. The third-order valence-corrected chi connectivity index (χ3v) is 3.09. The van der Waals surface area contributed by atoms with Gasteiger partial charge in [0.25, 0.3) is 0 Å². The highest BCUT2D eigenvalue weighted by molar-refractivity contribution is 4.84. The molecule has 0 aromatic heterocycles. The third kappa shape index (κ3) is 4.49. The lowest BCUT2D eigenvalue weighted by molar-refractivity contribution is 0.0804. The second-order valence-corrected chi connectivity index (χ2v) is 5.52. The first-order valence-corrected chi connectivity index (χ1v) is 6.28. The van der Waals surface area contributed by atoms with Crippen LogP contribution in [0.25, 0.3) is 0 Å². The predicted molar refractivity (Wildman–Crippen MR) is 65.5 cm³/mol. The van der Waals surface area contributed by atoms with Crippen LogP contribution in [-0.2, 0) is 0 Å². The summed E-state index contributed by atoms with van der Waals surface area (Å²) in [7, 11) is 0. The second kappa shape index (κ2) is 5.83. The summed E-state index contributed by atoms with van der Waals surface area (Å²) in [4.78, 5) is 0. The first kappa shape index (κ1) is 12.9. The lowest BCUT2D eigenvalue weighted by atomic mass is 9.91. The van der Waals surface area contributed by atoms with Crippen molar-refractivity contribution in [3.63, 3.8) is 0 Å². The average Bonchev–Trinajstić information content (AvgIpc) is 2.18. The summed E-state index contributed by atoms with van der Waals surface area (Å²) in [5, 5.41) is 2.36. The molecular weight excluding hydrogens is 186 g/mol. The van der Waals surface area contributed by atoms with Crippen LogP contribution in [0.1, 0.15) is 46.5 Å². The molecule has 1 atom stereocenters. The maximum atomic E-state index is 5.88. The van der Waals surface area contributed by atoms with Crippen molar-refractivity contribution in [2.45, 2.75) is 52.0 Å². The molecule has 0 aliphatic carbocycles. The first-order chi connectivity index (χ1) is 7.06. The lowest BCUT2D eigenvalue weighted by Gasteiger charge is -2.39. The van der Waals surface area contributed by atoms with Gasteiger partial charge in [-0.3, -0.25) is 0 Å². The number of hydrogen-bond donors (Lipinski definition) is 2. The molecule has 0 radical (unpaired) electrons. The van der Waals surface area contributed by atoms with Crippen molar-refractivity contribution in [2.75, 3.05) is 19.6 Å². The summed E-state index contributed by atoms with van der Waals surface area (Å²) in [6.07, 6.45) is 5.15. The Hall–Kier alpha value is -0.120. The van der Waals surface area contributed by atoms with Crippen molar-refractivity contribution < 1.29 is 0 Å². The van der Waals surface area contributed by atoms with Gasteiger partial charge in [0.15, 0.2) is 0 Å². The Morgan fingerprint density at radius 2 is 1.87 bits per heavy atom. The van der Waals surface area contributed by atoms with Gasteiger partial charge in [-0.1, -0.05) is 20.3 Å². The van der Waals surface area contributed by atoms with Gasteiger partial charge in [-0.15, -0.1) is 0 Å². The fraction of sp³-hybridized carbons (Fsp3) is 1.00. The number of nitrogens with one attached hydrogen (secondary N) is 1. The molecule has 3 N–H and O–H groups in total. The van der Waals surface area contributed by atoms with Crippen LogP contribution in [0.3, 0.4) is 0 Å². The maximum Gasteiger partial charge on any atom is 0.0422 e. The normalized spacial score (nSPS) is 23.0. The van der Waals surface area contributed by atoms with E-state index in [0.717, 1.165) is 6.42 Å². The molecule has 1 unspecified atom stereocenters. The van der Waals surface area contributed by atoms with Crippen molar-refractivity contribution in [1.82, 2.24) is 10.4 Å². The fourth-order valence-corrected chi connectivity index (χ4v) is 2.46. The summed E-state index contributed by atoms with van der Waals surface area (Å²) >= 11 is 0. The number of piperidine rings is 1. The van der Waals surface area contributed by atoms with E-state index in [1.807, 2.05) is 0 Å². The largest absolute Gasteiger partial charge is 0.329 e. The molecular formula is C12H27N3. The van der Waals surface area contributed by atoms with Gasteiger partial charge < -0.3 is 5.73 Å². The standard InChI is InChI=1S/C12H27N3/c1-11(2)9-12(3,10-13)14-15-7-5-4-6-8-15/h11,14H,4-10,13H2,1-3H3. The minimum Gasteiger partial charge on any atom is -0.329 e. The predicted octanol–water partition coefficient (Wildman–Crippen LogP) is 1.74. The zero-order valence-electron chi connectivity index (χ0n) is 10.6. The van der Waals surface area contributed by atoms with Gasteiger partial charge >= 0.3 is 0 Å². The SMILES string of the molecule is CC(C)CC(C)(CN)NN1CCCCC1. The minimum atomic E-state index is 0.0749. The summed E-state index contributed by atoms with van der Waals surface area (Å²) in [6.45, 7) is 9.81. The molecule has 1 fully saturated rings. The molecule has 0 bridgehead atoms. The van der Waals surface area contributed by atoms with E-state index in [4.69, 9.17) is 5.73 Å². The lowest BCUT2D eigenvalue weighted by Crippen LogP contribution is -2.58. The van der Waals surface area contributed by atoms with Crippen LogP contribution in [0.15, 0.2) is 0 Å². The van der Waals surface area contributed by atoms with Crippen LogP contribution in [0.2, 0.25) is 0 Å². The van der Waals surface area contributed by atoms with Gasteiger partial charge in [0.1, 0.15) is 0 Å². The van der Waals surface area contributed by atoms with Gasteiger partial charge in [0.05, 0.1) is 0 Å². The highest BCUT2D eigenvalue weighted by Crippen LogP contribution is 2.17. The zero-order chi connectivity index (χ0) is 11.3. The molecule has 0 aromatic rings. The van der Waals surface area contributed by atoms with E-state index in [1.54, 1.807) is 0 Å². The number of hydrazine groups is 1. The van der Waals surface area contributed by atoms with Crippen LogP contribution in [0.4, 0.5) is 0 Å². The molecule has 3 heteroatoms. The molecule has 0 amide bonds. The smallest absolute Gasteiger partial charge is 0.0422 e. The van der Waals surface area contributed by atoms with Crippen molar-refractivity contribution in [2.24, 2.45) is 11.7 Å². The van der Waals surface area contributed by atoms with E-state index in [2.05, 4.69) is 31.2 Å². The molecule has 3 nitrogen and oxygen atoms in total. The fourth-order valence-electron chi connectivity index (χ4n) is 2.46. The van der Waals surface area contributed by atoms with Crippen molar-refractivity contribution >= 4 is 0 Å². The number of hydrogen-bond acceptors (Lipinski definition) is 3. The molecule has 1 saturated heterocycles. The van der Waals surface area contributed by atoms with E-state index in [-0.39, 0.29) is 5.54 Å². The Morgan fingerprint density at radius 1 is 1.27 bits per heavy atom. The Bertz CT molecular complexity index is 176. The minimum absolute atomic E-state index is 0.0749. The summed E-state index contributed by atoms with van der Waals surface area (Å²) in [6, 6.07) is 0. The zero-order valence-corrected chi connectivity index (χ0v) is 10.6. The molecule has 1 aliphatic rings. The van der Waals surface area contributed by atoms with E-state index < -0.39 is 0 Å². The van der Waals surface area contributed by atoms with Crippen LogP contribution in [0.5, 0.6) is 0 Å². The molecule has 15 heavy (non-hydrogen) atoms. The van der Waals surface area contributed by atoms with Crippen molar-refractivity contribution in [1.29, 1.82) is 0 Å². The molecule has 1 aliphatic heterocycles. The van der Waals surface area contributed by atoms with Gasteiger partial charge in [0.2, 0.25) is 0 Å². The van der Waals surface area contributed by atoms with Gasteiger partial charge in [-0.25, -0.2) is 10.4 Å². The Balaban J connectivity index is 2.42. The van der Waals surface area contributed by atoms with E-state index in [9.17, 15) is 0 Å². The monoisotopic (exact) mass is 213 g/mol.